The predicted molar refractivity (Wildman–Crippen MR) is 93.6 cm³/mol. The molecule has 1 amide bonds. The van der Waals surface area contributed by atoms with Gasteiger partial charge in [0.1, 0.15) is 16.9 Å². The molecule has 28 heavy (non-hydrogen) atoms. The summed E-state index contributed by atoms with van der Waals surface area (Å²) in [6, 6.07) is 2.82. The zero-order valence-corrected chi connectivity index (χ0v) is 14.9. The zero-order valence-electron chi connectivity index (χ0n) is 14.9. The molecule has 1 saturated carbocycles. The standard InChI is InChI=1S/C19H16F3N3O3/c1-24-8-14-23-15-11-6-5-9(19(20,21)22)7-13(11)28-16(15)18(27)25(14)12-4-2-3-10(12)17(24)26/h5-7,10,12H,2-4,8H2,1H3/t10-,12-/m1/s1. The van der Waals surface area contributed by atoms with Crippen LogP contribution in [0.1, 0.15) is 36.7 Å². The Morgan fingerprint density at radius 2 is 2.00 bits per heavy atom. The number of benzene rings is 1. The molecule has 3 aromatic rings. The van der Waals surface area contributed by atoms with Crippen molar-refractivity contribution in [1.82, 2.24) is 14.5 Å². The van der Waals surface area contributed by atoms with Crippen molar-refractivity contribution in [2.24, 2.45) is 5.92 Å². The summed E-state index contributed by atoms with van der Waals surface area (Å²) in [5.74, 6) is 0.137. The molecule has 1 aliphatic heterocycles. The molecule has 5 rings (SSSR count). The molecular weight excluding hydrogens is 375 g/mol. The minimum atomic E-state index is -4.51. The second kappa shape index (κ2) is 5.59. The Hall–Kier alpha value is -2.84. The summed E-state index contributed by atoms with van der Waals surface area (Å²) in [5, 5.41) is 0.352. The van der Waals surface area contributed by atoms with E-state index in [1.54, 1.807) is 11.9 Å². The fourth-order valence-electron chi connectivity index (χ4n) is 4.49. The van der Waals surface area contributed by atoms with Crippen LogP contribution in [0.25, 0.3) is 22.1 Å². The van der Waals surface area contributed by atoms with Gasteiger partial charge < -0.3 is 9.32 Å². The van der Waals surface area contributed by atoms with Crippen LogP contribution in [0.3, 0.4) is 0 Å². The van der Waals surface area contributed by atoms with E-state index in [-0.39, 0.29) is 41.1 Å². The van der Waals surface area contributed by atoms with Crippen LogP contribution in [0.15, 0.2) is 27.4 Å². The van der Waals surface area contributed by atoms with Crippen molar-refractivity contribution in [1.29, 1.82) is 0 Å². The van der Waals surface area contributed by atoms with Crippen molar-refractivity contribution in [2.75, 3.05) is 7.05 Å². The number of carbonyl (C=O) groups is 1. The van der Waals surface area contributed by atoms with E-state index in [0.29, 0.717) is 24.1 Å². The molecule has 1 aromatic carbocycles. The van der Waals surface area contributed by atoms with Gasteiger partial charge >= 0.3 is 6.18 Å². The summed E-state index contributed by atoms with van der Waals surface area (Å²) in [6.07, 6.45) is -2.30. The molecule has 0 unspecified atom stereocenters. The van der Waals surface area contributed by atoms with E-state index in [1.165, 1.54) is 10.6 Å². The summed E-state index contributed by atoms with van der Waals surface area (Å²) in [4.78, 5) is 32.0. The van der Waals surface area contributed by atoms with Crippen LogP contribution < -0.4 is 5.56 Å². The molecule has 1 fully saturated rings. The van der Waals surface area contributed by atoms with E-state index in [1.807, 2.05) is 0 Å². The molecule has 0 saturated heterocycles. The number of fused-ring (bicyclic) bond motifs is 6. The first-order chi connectivity index (χ1) is 13.3. The Balaban J connectivity index is 1.79. The number of halogens is 3. The largest absolute Gasteiger partial charge is 0.448 e. The summed E-state index contributed by atoms with van der Waals surface area (Å²) < 4.78 is 46.1. The summed E-state index contributed by atoms with van der Waals surface area (Å²) in [7, 11) is 1.67. The predicted octanol–water partition coefficient (Wildman–Crippen LogP) is 3.47. The highest BCUT2D eigenvalue weighted by atomic mass is 19.4. The number of carbonyl (C=O) groups excluding carboxylic acids is 1. The highest BCUT2D eigenvalue weighted by Gasteiger charge is 2.41. The van der Waals surface area contributed by atoms with Gasteiger partial charge in [-0.15, -0.1) is 0 Å². The normalized spacial score (nSPS) is 22.6. The Morgan fingerprint density at radius 3 is 2.75 bits per heavy atom. The Bertz CT molecular complexity index is 1190. The lowest BCUT2D eigenvalue weighted by Crippen LogP contribution is -2.32. The van der Waals surface area contributed by atoms with E-state index in [4.69, 9.17) is 4.42 Å². The summed E-state index contributed by atoms with van der Waals surface area (Å²) in [6.45, 7) is 0.171. The van der Waals surface area contributed by atoms with Gasteiger partial charge in [-0.3, -0.25) is 14.2 Å². The van der Waals surface area contributed by atoms with Crippen molar-refractivity contribution in [2.45, 2.75) is 38.0 Å². The molecule has 2 atom stereocenters. The van der Waals surface area contributed by atoms with Crippen LogP contribution in [0.5, 0.6) is 0 Å². The van der Waals surface area contributed by atoms with Crippen molar-refractivity contribution in [3.8, 4) is 0 Å². The first-order valence-electron chi connectivity index (χ1n) is 9.05. The first-order valence-corrected chi connectivity index (χ1v) is 9.05. The van der Waals surface area contributed by atoms with Crippen molar-refractivity contribution < 1.29 is 22.4 Å². The van der Waals surface area contributed by atoms with Crippen LogP contribution >= 0.6 is 0 Å². The Labute approximate surface area is 156 Å². The number of hydrogen-bond donors (Lipinski definition) is 0. The van der Waals surface area contributed by atoms with Gasteiger partial charge in [0, 0.05) is 12.4 Å². The SMILES string of the molecule is CN1Cc2nc3c(oc4cc(C(F)(F)F)ccc43)c(=O)n2[C@@H]2CCC[C@H]2C1=O. The van der Waals surface area contributed by atoms with Crippen LogP contribution in [-0.2, 0) is 17.5 Å². The van der Waals surface area contributed by atoms with Crippen LogP contribution in [0.2, 0.25) is 0 Å². The van der Waals surface area contributed by atoms with Crippen molar-refractivity contribution in [3.05, 3.63) is 39.9 Å². The average Bonchev–Trinajstić information content (AvgIpc) is 3.22. The quantitative estimate of drug-likeness (QED) is 0.589. The maximum absolute atomic E-state index is 13.2. The molecule has 2 aliphatic rings. The van der Waals surface area contributed by atoms with Crippen molar-refractivity contribution in [3.63, 3.8) is 0 Å². The third-order valence-electron chi connectivity index (χ3n) is 5.81. The molecule has 0 spiro atoms. The Kier molecular flexibility index (Phi) is 3.45. The third-order valence-corrected chi connectivity index (χ3v) is 5.81. The minimum absolute atomic E-state index is 0.0105. The van der Waals surface area contributed by atoms with Crippen LogP contribution in [0.4, 0.5) is 13.2 Å². The van der Waals surface area contributed by atoms with Gasteiger partial charge in [-0.2, -0.15) is 13.2 Å². The lowest BCUT2D eigenvalue weighted by Gasteiger charge is -2.19. The van der Waals surface area contributed by atoms with Gasteiger partial charge in [-0.05, 0) is 31.0 Å². The van der Waals surface area contributed by atoms with E-state index in [2.05, 4.69) is 4.98 Å². The number of amides is 1. The second-order valence-corrected chi connectivity index (χ2v) is 7.49. The molecule has 9 heteroatoms. The van der Waals surface area contributed by atoms with Gasteiger partial charge in [0.15, 0.2) is 0 Å². The lowest BCUT2D eigenvalue weighted by molar-refractivity contribution is -0.137. The van der Waals surface area contributed by atoms with E-state index >= 15 is 0 Å². The molecule has 3 heterocycles. The molecule has 0 radical (unpaired) electrons. The van der Waals surface area contributed by atoms with Gasteiger partial charge in [-0.1, -0.05) is 6.42 Å². The van der Waals surface area contributed by atoms with Crippen molar-refractivity contribution >= 4 is 28.0 Å². The number of furan rings is 1. The summed E-state index contributed by atoms with van der Waals surface area (Å²) in [5.41, 5.74) is -1.15. The number of alkyl halides is 3. The molecule has 2 aromatic heterocycles. The number of nitrogens with zero attached hydrogens (tertiary/aromatic N) is 3. The molecule has 0 bridgehead atoms. The fourth-order valence-corrected chi connectivity index (χ4v) is 4.49. The van der Waals surface area contributed by atoms with Gasteiger partial charge in [0.25, 0.3) is 5.56 Å². The van der Waals surface area contributed by atoms with Crippen LogP contribution in [-0.4, -0.2) is 27.4 Å². The number of hydrogen-bond acceptors (Lipinski definition) is 4. The fraction of sp³-hybridized carbons (Fsp3) is 0.421. The maximum atomic E-state index is 13.2. The topological polar surface area (TPSA) is 68.3 Å². The van der Waals surface area contributed by atoms with Gasteiger partial charge in [0.05, 0.1) is 24.1 Å². The summed E-state index contributed by atoms with van der Waals surface area (Å²) >= 11 is 0. The second-order valence-electron chi connectivity index (χ2n) is 7.49. The molecular formula is C19H16F3N3O3. The monoisotopic (exact) mass is 391 g/mol. The molecule has 146 valence electrons. The zero-order chi connectivity index (χ0) is 19.8. The number of rotatable bonds is 0. The van der Waals surface area contributed by atoms with E-state index < -0.39 is 17.3 Å². The molecule has 1 aliphatic carbocycles. The van der Waals surface area contributed by atoms with Crippen LogP contribution in [0, 0.1) is 5.92 Å². The number of aromatic nitrogens is 2. The highest BCUT2D eigenvalue weighted by molar-refractivity contribution is 6.02. The molecule has 0 N–H and O–H groups in total. The minimum Gasteiger partial charge on any atom is -0.448 e. The van der Waals surface area contributed by atoms with Gasteiger partial charge in [0.2, 0.25) is 11.5 Å². The molecule has 6 nitrogen and oxygen atoms in total. The van der Waals surface area contributed by atoms with E-state index in [0.717, 1.165) is 18.6 Å². The third kappa shape index (κ3) is 2.31. The average molecular weight is 391 g/mol. The van der Waals surface area contributed by atoms with E-state index in [9.17, 15) is 22.8 Å². The van der Waals surface area contributed by atoms with Gasteiger partial charge in [-0.25, -0.2) is 4.98 Å². The Morgan fingerprint density at radius 1 is 1.21 bits per heavy atom. The highest BCUT2D eigenvalue weighted by Crippen LogP contribution is 2.40. The smallest absolute Gasteiger partial charge is 0.416 e. The lowest BCUT2D eigenvalue weighted by atomic mass is 10.0. The first kappa shape index (κ1) is 17.3. The maximum Gasteiger partial charge on any atom is 0.416 e.